The Morgan fingerprint density at radius 2 is 2.11 bits per heavy atom. The zero-order valence-corrected chi connectivity index (χ0v) is 11.9. The summed E-state index contributed by atoms with van der Waals surface area (Å²) in [6.45, 7) is 2.23. The van der Waals surface area contributed by atoms with Crippen molar-refractivity contribution in [3.8, 4) is 5.75 Å². The smallest absolute Gasteiger partial charge is 0.119 e. The van der Waals surface area contributed by atoms with Crippen LogP contribution in [0.25, 0.3) is 0 Å². The van der Waals surface area contributed by atoms with Gasteiger partial charge in [0.1, 0.15) is 12.4 Å². The van der Waals surface area contributed by atoms with Crippen molar-refractivity contribution < 1.29 is 4.74 Å². The third-order valence-electron chi connectivity index (χ3n) is 2.50. The van der Waals surface area contributed by atoms with E-state index < -0.39 is 0 Å². The van der Waals surface area contributed by atoms with E-state index in [4.69, 9.17) is 4.74 Å². The van der Waals surface area contributed by atoms with Gasteiger partial charge in [0.2, 0.25) is 0 Å². The van der Waals surface area contributed by atoms with Gasteiger partial charge in [0.15, 0.2) is 0 Å². The number of nitrogens with zero attached hydrogens (tertiary/aromatic N) is 2. The quantitative estimate of drug-likeness (QED) is 0.891. The molecule has 0 fully saturated rings. The SMILES string of the molecule is CNCc1ccc(OCCn2cc(Br)cn2)cc1. The van der Waals surface area contributed by atoms with Crippen LogP contribution in [0.1, 0.15) is 5.56 Å². The first-order valence-electron chi connectivity index (χ1n) is 5.82. The van der Waals surface area contributed by atoms with E-state index >= 15 is 0 Å². The summed E-state index contributed by atoms with van der Waals surface area (Å²) < 4.78 is 8.49. The molecule has 0 bridgehead atoms. The monoisotopic (exact) mass is 309 g/mol. The Bertz CT molecular complexity index is 481. The molecule has 1 aromatic carbocycles. The Labute approximate surface area is 115 Å². The van der Waals surface area contributed by atoms with Crippen molar-refractivity contribution in [2.24, 2.45) is 0 Å². The van der Waals surface area contributed by atoms with Crippen molar-refractivity contribution in [2.45, 2.75) is 13.1 Å². The number of ether oxygens (including phenoxy) is 1. The van der Waals surface area contributed by atoms with E-state index in [-0.39, 0.29) is 0 Å². The zero-order valence-electron chi connectivity index (χ0n) is 10.3. The van der Waals surface area contributed by atoms with Gasteiger partial charge in [-0.15, -0.1) is 0 Å². The predicted molar refractivity (Wildman–Crippen MR) is 74.6 cm³/mol. The Morgan fingerprint density at radius 1 is 1.33 bits per heavy atom. The second kappa shape index (κ2) is 6.56. The van der Waals surface area contributed by atoms with Crippen molar-refractivity contribution >= 4 is 15.9 Å². The molecule has 0 aliphatic rings. The zero-order chi connectivity index (χ0) is 12.8. The molecule has 2 rings (SSSR count). The number of benzene rings is 1. The van der Waals surface area contributed by atoms with Crippen LogP contribution in [0.15, 0.2) is 41.1 Å². The van der Waals surface area contributed by atoms with Crippen LogP contribution in [0.4, 0.5) is 0 Å². The van der Waals surface area contributed by atoms with Crippen molar-refractivity contribution in [1.29, 1.82) is 0 Å². The highest BCUT2D eigenvalue weighted by molar-refractivity contribution is 9.10. The van der Waals surface area contributed by atoms with E-state index in [1.807, 2.05) is 30.1 Å². The summed E-state index contributed by atoms with van der Waals surface area (Å²) in [6, 6.07) is 8.12. The molecule has 0 saturated carbocycles. The van der Waals surface area contributed by atoms with Gasteiger partial charge in [-0.05, 0) is 40.7 Å². The van der Waals surface area contributed by atoms with Crippen LogP contribution in [0, 0.1) is 0 Å². The van der Waals surface area contributed by atoms with Crippen molar-refractivity contribution in [3.05, 3.63) is 46.7 Å². The minimum absolute atomic E-state index is 0.611. The van der Waals surface area contributed by atoms with Crippen LogP contribution in [0.2, 0.25) is 0 Å². The molecule has 1 N–H and O–H groups in total. The molecule has 2 aromatic rings. The fourth-order valence-corrected chi connectivity index (χ4v) is 1.95. The third-order valence-corrected chi connectivity index (χ3v) is 2.90. The lowest BCUT2D eigenvalue weighted by Gasteiger charge is -2.07. The van der Waals surface area contributed by atoms with Gasteiger partial charge in [0.25, 0.3) is 0 Å². The maximum Gasteiger partial charge on any atom is 0.119 e. The van der Waals surface area contributed by atoms with Gasteiger partial charge in [-0.25, -0.2) is 0 Å². The minimum Gasteiger partial charge on any atom is -0.492 e. The molecular formula is C13H16BrN3O. The highest BCUT2D eigenvalue weighted by atomic mass is 79.9. The van der Waals surface area contributed by atoms with Gasteiger partial charge >= 0.3 is 0 Å². The first kappa shape index (κ1) is 13.1. The number of hydrogen-bond acceptors (Lipinski definition) is 3. The van der Waals surface area contributed by atoms with Crippen LogP contribution >= 0.6 is 15.9 Å². The molecule has 0 aliphatic heterocycles. The van der Waals surface area contributed by atoms with Gasteiger partial charge in [0, 0.05) is 12.7 Å². The van der Waals surface area contributed by atoms with Crippen LogP contribution < -0.4 is 10.1 Å². The van der Waals surface area contributed by atoms with Crippen molar-refractivity contribution in [1.82, 2.24) is 15.1 Å². The largest absolute Gasteiger partial charge is 0.492 e. The molecule has 0 aliphatic carbocycles. The summed E-state index contributed by atoms with van der Waals surface area (Å²) >= 11 is 3.36. The summed E-state index contributed by atoms with van der Waals surface area (Å²) in [5.74, 6) is 0.890. The number of halogens is 1. The van der Waals surface area contributed by atoms with Crippen LogP contribution in [0.3, 0.4) is 0 Å². The lowest BCUT2D eigenvalue weighted by molar-refractivity contribution is 0.291. The molecule has 1 heterocycles. The topological polar surface area (TPSA) is 39.1 Å². The standard InChI is InChI=1S/C13H16BrN3O/c1-15-8-11-2-4-13(5-3-11)18-7-6-17-10-12(14)9-16-17/h2-5,9-10,15H,6-8H2,1H3. The molecule has 0 spiro atoms. The van der Waals surface area contributed by atoms with Gasteiger partial charge in [-0.3, -0.25) is 4.68 Å². The van der Waals surface area contributed by atoms with Crippen LogP contribution in [-0.2, 0) is 13.1 Å². The first-order chi connectivity index (χ1) is 8.78. The lowest BCUT2D eigenvalue weighted by Crippen LogP contribution is -2.08. The highest BCUT2D eigenvalue weighted by Gasteiger charge is 1.97. The molecule has 96 valence electrons. The number of hydrogen-bond donors (Lipinski definition) is 1. The molecule has 4 nitrogen and oxygen atoms in total. The van der Waals surface area contributed by atoms with E-state index in [2.05, 4.69) is 38.5 Å². The number of rotatable bonds is 6. The molecule has 5 heteroatoms. The van der Waals surface area contributed by atoms with E-state index in [9.17, 15) is 0 Å². The highest BCUT2D eigenvalue weighted by Crippen LogP contribution is 2.12. The Morgan fingerprint density at radius 3 is 2.72 bits per heavy atom. The first-order valence-corrected chi connectivity index (χ1v) is 6.61. The Hall–Kier alpha value is -1.33. The third kappa shape index (κ3) is 3.85. The van der Waals surface area contributed by atoms with E-state index in [1.165, 1.54) is 5.56 Å². The summed E-state index contributed by atoms with van der Waals surface area (Å²) in [4.78, 5) is 0. The molecule has 0 amide bonds. The van der Waals surface area contributed by atoms with Gasteiger partial charge in [0.05, 0.1) is 17.2 Å². The van der Waals surface area contributed by atoms with Crippen LogP contribution in [0.5, 0.6) is 5.75 Å². The lowest BCUT2D eigenvalue weighted by atomic mass is 10.2. The molecular weight excluding hydrogens is 294 g/mol. The van der Waals surface area contributed by atoms with Crippen molar-refractivity contribution in [3.63, 3.8) is 0 Å². The van der Waals surface area contributed by atoms with Gasteiger partial charge < -0.3 is 10.1 Å². The molecule has 1 aromatic heterocycles. The summed E-state index contributed by atoms with van der Waals surface area (Å²) in [6.07, 6.45) is 3.70. The van der Waals surface area contributed by atoms with Gasteiger partial charge in [-0.2, -0.15) is 5.10 Å². The Kier molecular flexibility index (Phi) is 4.78. The molecule has 0 saturated heterocycles. The van der Waals surface area contributed by atoms with E-state index in [0.29, 0.717) is 6.61 Å². The van der Waals surface area contributed by atoms with Crippen molar-refractivity contribution in [2.75, 3.05) is 13.7 Å². The summed E-state index contributed by atoms with van der Waals surface area (Å²) in [5, 5.41) is 7.28. The molecule has 18 heavy (non-hydrogen) atoms. The fourth-order valence-electron chi connectivity index (χ4n) is 1.63. The van der Waals surface area contributed by atoms with Crippen LogP contribution in [-0.4, -0.2) is 23.4 Å². The second-order valence-corrected chi connectivity index (χ2v) is 4.86. The summed E-state index contributed by atoms with van der Waals surface area (Å²) in [5.41, 5.74) is 1.25. The predicted octanol–water partition coefficient (Wildman–Crippen LogP) is 2.44. The van der Waals surface area contributed by atoms with Gasteiger partial charge in [-0.1, -0.05) is 12.1 Å². The normalized spacial score (nSPS) is 10.6. The molecule has 0 unspecified atom stereocenters. The maximum absolute atomic E-state index is 5.66. The average molecular weight is 310 g/mol. The van der Waals surface area contributed by atoms with E-state index in [1.54, 1.807) is 6.20 Å². The maximum atomic E-state index is 5.66. The Balaban J connectivity index is 1.79. The fraction of sp³-hybridized carbons (Fsp3) is 0.308. The molecule has 0 atom stereocenters. The summed E-state index contributed by atoms with van der Waals surface area (Å²) in [7, 11) is 1.94. The average Bonchev–Trinajstić information content (AvgIpc) is 2.78. The second-order valence-electron chi connectivity index (χ2n) is 3.94. The number of nitrogens with one attached hydrogen (secondary N) is 1. The molecule has 0 radical (unpaired) electrons. The minimum atomic E-state index is 0.611. The van der Waals surface area contributed by atoms with E-state index in [0.717, 1.165) is 23.3 Å². The number of aromatic nitrogens is 2.